The largest absolute Gasteiger partial charge is 0.457 e. The number of aliphatic imine (C=N–C) groups is 3. The Kier molecular flexibility index (Phi) is 6.90. The van der Waals surface area contributed by atoms with Crippen molar-refractivity contribution >= 4 is 29.5 Å². The Morgan fingerprint density at radius 3 is 2.75 bits per heavy atom. The number of rotatable bonds is 8. The first kappa shape index (κ1) is 25.8. The van der Waals surface area contributed by atoms with E-state index < -0.39 is 53.3 Å². The van der Waals surface area contributed by atoms with Crippen LogP contribution in [-0.4, -0.2) is 98.1 Å². The van der Waals surface area contributed by atoms with Crippen LogP contribution < -0.4 is 5.73 Å². The Morgan fingerprint density at radius 2 is 2.08 bits per heavy atom. The molecule has 4 rings (SSSR count). The molecule has 0 bridgehead atoms. The standard InChI is InChI=1S/C22H28N6O8/c1-21(2,8-7-12-5-3-4-6-13(12)28(33)34)36-20(32)22(23)17-18(24-10-26-22)27(11-25-17)19-16(31)15(30)14(9-29)35-19/h3-6,10,14-16,19,29-31H,7-9,11,23H2,1-2H3/t14-,15-,16-,19-,22?/m1/s1. The molecule has 5 atom stereocenters. The predicted molar refractivity (Wildman–Crippen MR) is 126 cm³/mol. The second-order valence-electron chi connectivity index (χ2n) is 9.35. The summed E-state index contributed by atoms with van der Waals surface area (Å²) in [5.74, 6) is -0.780. The number of carbonyl (C=O) groups is 1. The second-order valence-corrected chi connectivity index (χ2v) is 9.35. The van der Waals surface area contributed by atoms with Gasteiger partial charge in [-0.1, -0.05) is 18.2 Å². The minimum atomic E-state index is -2.03. The number of amidine groups is 1. The number of ether oxygens (including phenoxy) is 2. The molecule has 3 heterocycles. The summed E-state index contributed by atoms with van der Waals surface area (Å²) >= 11 is 0. The molecule has 0 aromatic heterocycles. The van der Waals surface area contributed by atoms with E-state index in [9.17, 15) is 30.2 Å². The van der Waals surface area contributed by atoms with Crippen LogP contribution in [-0.2, 0) is 20.7 Å². The van der Waals surface area contributed by atoms with Gasteiger partial charge in [-0.3, -0.25) is 20.8 Å². The van der Waals surface area contributed by atoms with Gasteiger partial charge in [0.2, 0.25) is 0 Å². The van der Waals surface area contributed by atoms with Crippen molar-refractivity contribution in [2.75, 3.05) is 13.3 Å². The molecule has 1 aromatic carbocycles. The number of aliphatic hydroxyl groups excluding tert-OH is 3. The van der Waals surface area contributed by atoms with Crippen molar-refractivity contribution in [3.8, 4) is 0 Å². The summed E-state index contributed by atoms with van der Waals surface area (Å²) in [6.45, 7) is 2.73. The molecule has 0 radical (unpaired) electrons. The van der Waals surface area contributed by atoms with Crippen molar-refractivity contribution in [1.29, 1.82) is 0 Å². The zero-order valence-corrected chi connectivity index (χ0v) is 19.7. The first-order valence-corrected chi connectivity index (χ1v) is 11.3. The molecule has 1 saturated heterocycles. The van der Waals surface area contributed by atoms with Gasteiger partial charge < -0.3 is 29.7 Å². The lowest BCUT2D eigenvalue weighted by Gasteiger charge is -2.33. The van der Waals surface area contributed by atoms with Gasteiger partial charge in [0.05, 0.1) is 11.5 Å². The Morgan fingerprint density at radius 1 is 1.36 bits per heavy atom. The van der Waals surface area contributed by atoms with Gasteiger partial charge in [0, 0.05) is 11.6 Å². The van der Waals surface area contributed by atoms with E-state index in [2.05, 4.69) is 15.0 Å². The molecular weight excluding hydrogens is 476 g/mol. The highest BCUT2D eigenvalue weighted by molar-refractivity contribution is 6.51. The lowest BCUT2D eigenvalue weighted by atomic mass is 9.96. The van der Waals surface area contributed by atoms with Crippen LogP contribution in [0.5, 0.6) is 0 Å². The van der Waals surface area contributed by atoms with E-state index in [4.69, 9.17) is 15.2 Å². The van der Waals surface area contributed by atoms with Crippen LogP contribution in [0.25, 0.3) is 0 Å². The number of nitro groups is 1. The smallest absolute Gasteiger partial charge is 0.356 e. The normalized spacial score (nSPS) is 29.6. The zero-order valence-electron chi connectivity index (χ0n) is 19.7. The first-order valence-electron chi connectivity index (χ1n) is 11.3. The van der Waals surface area contributed by atoms with Gasteiger partial charge in [-0.2, -0.15) is 0 Å². The van der Waals surface area contributed by atoms with E-state index >= 15 is 0 Å². The molecule has 3 aliphatic heterocycles. The van der Waals surface area contributed by atoms with E-state index in [0.717, 1.165) is 6.34 Å². The fourth-order valence-corrected chi connectivity index (χ4v) is 4.29. The van der Waals surface area contributed by atoms with Crippen molar-refractivity contribution in [2.45, 2.75) is 62.5 Å². The highest BCUT2D eigenvalue weighted by Gasteiger charge is 2.54. The van der Waals surface area contributed by atoms with Gasteiger partial charge in [0.25, 0.3) is 11.4 Å². The fraction of sp³-hybridized carbons (Fsp3) is 0.545. The maximum atomic E-state index is 13.2. The van der Waals surface area contributed by atoms with Gasteiger partial charge in [-0.15, -0.1) is 0 Å². The van der Waals surface area contributed by atoms with Crippen molar-refractivity contribution in [1.82, 2.24) is 4.90 Å². The van der Waals surface area contributed by atoms with Gasteiger partial charge >= 0.3 is 5.97 Å². The lowest BCUT2D eigenvalue weighted by molar-refractivity contribution is -0.385. The molecule has 3 aliphatic rings. The summed E-state index contributed by atoms with van der Waals surface area (Å²) in [5, 5.41) is 41.1. The van der Waals surface area contributed by atoms with Gasteiger partial charge in [-0.25, -0.2) is 14.8 Å². The van der Waals surface area contributed by atoms with E-state index in [1.807, 2.05) is 0 Å². The third-order valence-electron chi connectivity index (χ3n) is 6.36. The number of nitrogens with two attached hydrogens (primary N) is 1. The molecule has 0 spiro atoms. The third-order valence-corrected chi connectivity index (χ3v) is 6.36. The highest BCUT2D eigenvalue weighted by Crippen LogP contribution is 2.31. The second kappa shape index (κ2) is 9.63. The van der Waals surface area contributed by atoms with Gasteiger partial charge in [-0.05, 0) is 26.7 Å². The number of carbonyl (C=O) groups excluding carboxylic acids is 1. The van der Waals surface area contributed by atoms with Crippen LogP contribution in [0.2, 0.25) is 0 Å². The summed E-state index contributed by atoms with van der Waals surface area (Å²) in [6.07, 6.45) is -3.14. The highest BCUT2D eigenvalue weighted by atomic mass is 16.6. The average molecular weight is 505 g/mol. The Balaban J connectivity index is 1.46. The summed E-state index contributed by atoms with van der Waals surface area (Å²) in [6, 6.07) is 6.34. The SMILES string of the molecule is CC(C)(CCc1ccccc1[N+](=O)[O-])OC(=O)C1(N)N=CN=C2C1=NCN2[C@@H]1O[C@H](CO)[C@@H](O)[C@H]1O. The number of aryl methyl sites for hydroxylation is 1. The molecule has 1 aromatic rings. The topological polar surface area (TPSA) is 206 Å². The molecule has 1 fully saturated rings. The lowest BCUT2D eigenvalue weighted by Crippen LogP contribution is -2.61. The Bertz CT molecular complexity index is 1140. The van der Waals surface area contributed by atoms with Crippen molar-refractivity contribution in [3.63, 3.8) is 0 Å². The summed E-state index contributed by atoms with van der Waals surface area (Å²) in [7, 11) is 0. The number of esters is 1. The molecule has 5 N–H and O–H groups in total. The minimum Gasteiger partial charge on any atom is -0.457 e. The average Bonchev–Trinajstić information content (AvgIpc) is 3.39. The number of nitrogens with zero attached hydrogens (tertiary/aromatic N) is 5. The molecule has 0 amide bonds. The number of benzene rings is 1. The van der Waals surface area contributed by atoms with Gasteiger partial charge in [0.1, 0.15) is 42.6 Å². The molecule has 1 unspecified atom stereocenters. The van der Waals surface area contributed by atoms with Crippen LogP contribution in [0.3, 0.4) is 0 Å². The number of para-hydroxylation sites is 1. The molecule has 14 heteroatoms. The maximum absolute atomic E-state index is 13.2. The zero-order chi connectivity index (χ0) is 26.3. The number of hydrogen-bond donors (Lipinski definition) is 4. The van der Waals surface area contributed by atoms with Crippen LogP contribution >= 0.6 is 0 Å². The van der Waals surface area contributed by atoms with E-state index in [1.54, 1.807) is 32.0 Å². The number of aliphatic hydroxyl groups is 3. The number of hydrogen-bond acceptors (Lipinski definition) is 13. The molecule has 14 nitrogen and oxygen atoms in total. The summed E-state index contributed by atoms with van der Waals surface area (Å²) < 4.78 is 11.2. The Hall–Kier alpha value is -3.30. The van der Waals surface area contributed by atoms with Gasteiger partial charge in [0.15, 0.2) is 12.1 Å². The third kappa shape index (κ3) is 4.60. The first-order chi connectivity index (χ1) is 17.0. The molecule has 0 aliphatic carbocycles. The minimum absolute atomic E-state index is 0.00207. The monoisotopic (exact) mass is 504 g/mol. The fourth-order valence-electron chi connectivity index (χ4n) is 4.29. The van der Waals surface area contributed by atoms with Crippen LogP contribution in [0.1, 0.15) is 25.8 Å². The maximum Gasteiger partial charge on any atom is 0.356 e. The van der Waals surface area contributed by atoms with Crippen LogP contribution in [0.4, 0.5) is 5.69 Å². The van der Waals surface area contributed by atoms with E-state index in [0.29, 0.717) is 5.56 Å². The van der Waals surface area contributed by atoms with Crippen molar-refractivity contribution in [2.24, 2.45) is 20.7 Å². The summed E-state index contributed by atoms with van der Waals surface area (Å²) in [5.41, 5.74) is 3.76. The molecule has 0 saturated carbocycles. The van der Waals surface area contributed by atoms with Crippen LogP contribution in [0, 0.1) is 10.1 Å². The molecule has 194 valence electrons. The summed E-state index contributed by atoms with van der Waals surface area (Å²) in [4.78, 5) is 37.9. The molecule has 36 heavy (non-hydrogen) atoms. The number of fused-ring (bicyclic) bond motifs is 1. The van der Waals surface area contributed by atoms with E-state index in [1.165, 1.54) is 11.0 Å². The predicted octanol–water partition coefficient (Wildman–Crippen LogP) is -0.902. The van der Waals surface area contributed by atoms with Crippen molar-refractivity contribution in [3.05, 3.63) is 39.9 Å². The Labute approximate surface area is 205 Å². The van der Waals surface area contributed by atoms with E-state index in [-0.39, 0.29) is 36.7 Å². The van der Waals surface area contributed by atoms with Crippen LogP contribution in [0.15, 0.2) is 39.2 Å². The number of nitro benzene ring substituents is 1. The quantitative estimate of drug-likeness (QED) is 0.195. The van der Waals surface area contributed by atoms with Crippen molar-refractivity contribution < 1.29 is 34.5 Å². The molecular formula is C22H28N6O8.